The fraction of sp³-hybridized carbons (Fsp3) is 0.129. The third-order valence-electron chi connectivity index (χ3n) is 6.66. The van der Waals surface area contributed by atoms with E-state index in [2.05, 4.69) is 83.5 Å². The molecule has 0 fully saturated rings. The van der Waals surface area contributed by atoms with Crippen LogP contribution in [0.1, 0.15) is 29.2 Å². The van der Waals surface area contributed by atoms with Crippen LogP contribution < -0.4 is 9.75 Å². The smallest absolute Gasteiger partial charge is 0.247 e. The largest absolute Gasteiger partial charge is 0.497 e. The summed E-state index contributed by atoms with van der Waals surface area (Å²) in [6.07, 6.45) is 0.735. The van der Waals surface area contributed by atoms with Gasteiger partial charge >= 0.3 is 0 Å². The molecule has 182 valence electrons. The molecular formula is C31H25BrN4O. The predicted molar refractivity (Wildman–Crippen MR) is 153 cm³/mol. The van der Waals surface area contributed by atoms with Gasteiger partial charge in [-0.25, -0.2) is 15.0 Å². The van der Waals surface area contributed by atoms with Gasteiger partial charge in [-0.2, -0.15) is 5.10 Å². The number of hydrogen-bond acceptors (Lipinski definition) is 5. The van der Waals surface area contributed by atoms with Crippen molar-refractivity contribution in [3.05, 3.63) is 118 Å². The topological polar surface area (TPSA) is 50.6 Å². The molecule has 6 rings (SSSR count). The number of hydrazone groups is 1. The summed E-state index contributed by atoms with van der Waals surface area (Å²) < 4.78 is 6.39. The molecule has 0 bridgehead atoms. The third kappa shape index (κ3) is 4.60. The lowest BCUT2D eigenvalue weighted by molar-refractivity contribution is 0.415. The van der Waals surface area contributed by atoms with Crippen LogP contribution in [-0.2, 0) is 0 Å². The van der Waals surface area contributed by atoms with Gasteiger partial charge in [0.15, 0.2) is 0 Å². The van der Waals surface area contributed by atoms with E-state index in [0.29, 0.717) is 5.95 Å². The third-order valence-corrected chi connectivity index (χ3v) is 7.15. The SMILES string of the molecule is COc1ccc(C2=NN(c3nc(-c4ccccc4)c4cc(C)ccc4n3)[C@H](c3cccc(Br)c3)C2)cc1. The summed E-state index contributed by atoms with van der Waals surface area (Å²) in [6, 6.07) is 33.0. The number of anilines is 1. The van der Waals surface area contributed by atoms with E-state index in [1.807, 2.05) is 41.4 Å². The van der Waals surface area contributed by atoms with Crippen molar-refractivity contribution in [2.75, 3.05) is 12.1 Å². The maximum Gasteiger partial charge on any atom is 0.247 e. The molecule has 0 radical (unpaired) electrons. The monoisotopic (exact) mass is 548 g/mol. The fourth-order valence-electron chi connectivity index (χ4n) is 4.77. The number of halogens is 1. The molecule has 0 saturated heterocycles. The number of benzene rings is 4. The van der Waals surface area contributed by atoms with Crippen LogP contribution in [0.4, 0.5) is 5.95 Å². The average Bonchev–Trinajstić information content (AvgIpc) is 3.39. The predicted octanol–water partition coefficient (Wildman–Crippen LogP) is 7.73. The lowest BCUT2D eigenvalue weighted by atomic mass is 9.98. The van der Waals surface area contributed by atoms with Gasteiger partial charge in [0.1, 0.15) is 5.75 Å². The summed E-state index contributed by atoms with van der Waals surface area (Å²) in [5, 5.41) is 8.11. The van der Waals surface area contributed by atoms with E-state index in [1.165, 1.54) is 5.56 Å². The Morgan fingerprint density at radius 3 is 2.41 bits per heavy atom. The Morgan fingerprint density at radius 1 is 0.838 bits per heavy atom. The molecule has 5 aromatic rings. The van der Waals surface area contributed by atoms with Crippen molar-refractivity contribution in [3.8, 4) is 17.0 Å². The van der Waals surface area contributed by atoms with E-state index in [1.54, 1.807) is 7.11 Å². The molecule has 2 heterocycles. The van der Waals surface area contributed by atoms with E-state index in [-0.39, 0.29) is 6.04 Å². The minimum absolute atomic E-state index is 0.0406. The van der Waals surface area contributed by atoms with E-state index in [4.69, 9.17) is 19.8 Å². The molecule has 5 nitrogen and oxygen atoms in total. The Labute approximate surface area is 224 Å². The Bertz CT molecular complexity index is 1620. The summed E-state index contributed by atoms with van der Waals surface area (Å²) in [4.78, 5) is 10.1. The molecule has 0 aliphatic carbocycles. The number of ether oxygens (including phenoxy) is 1. The highest BCUT2D eigenvalue weighted by Crippen LogP contribution is 2.38. The second kappa shape index (κ2) is 9.79. The zero-order valence-electron chi connectivity index (χ0n) is 20.6. The van der Waals surface area contributed by atoms with Crippen molar-refractivity contribution in [1.82, 2.24) is 9.97 Å². The molecule has 6 heteroatoms. The van der Waals surface area contributed by atoms with E-state index in [9.17, 15) is 0 Å². The minimum atomic E-state index is -0.0406. The van der Waals surface area contributed by atoms with Gasteiger partial charge in [-0.05, 0) is 66.6 Å². The fourth-order valence-corrected chi connectivity index (χ4v) is 5.19. The van der Waals surface area contributed by atoms with Gasteiger partial charge in [-0.3, -0.25) is 0 Å². The first kappa shape index (κ1) is 23.4. The summed E-state index contributed by atoms with van der Waals surface area (Å²) in [5.74, 6) is 1.41. The van der Waals surface area contributed by atoms with Gasteiger partial charge in [0, 0.05) is 21.8 Å². The number of hydrogen-bond donors (Lipinski definition) is 0. The lowest BCUT2D eigenvalue weighted by Crippen LogP contribution is -2.21. The van der Waals surface area contributed by atoms with Crippen molar-refractivity contribution >= 4 is 38.5 Å². The average molecular weight is 549 g/mol. The van der Waals surface area contributed by atoms with Crippen LogP contribution >= 0.6 is 15.9 Å². The minimum Gasteiger partial charge on any atom is -0.497 e. The van der Waals surface area contributed by atoms with Gasteiger partial charge in [0.2, 0.25) is 5.95 Å². The maximum atomic E-state index is 5.35. The van der Waals surface area contributed by atoms with Crippen molar-refractivity contribution in [3.63, 3.8) is 0 Å². The van der Waals surface area contributed by atoms with Gasteiger partial charge in [-0.15, -0.1) is 0 Å². The standard InChI is InChI=1S/C31H25BrN4O/c1-20-11-16-27-26(17-20)30(22-7-4-3-5-8-22)34-31(33-27)36-29(23-9-6-10-24(32)18-23)19-28(35-36)21-12-14-25(37-2)15-13-21/h3-18,29H,19H2,1-2H3/t29-/m0/s1. The molecule has 1 aliphatic heterocycles. The van der Waals surface area contributed by atoms with Gasteiger partial charge in [-0.1, -0.05) is 70.0 Å². The van der Waals surface area contributed by atoms with Crippen LogP contribution in [0.15, 0.2) is 107 Å². The number of fused-ring (bicyclic) bond motifs is 1. The van der Waals surface area contributed by atoms with E-state index in [0.717, 1.165) is 55.6 Å². The van der Waals surface area contributed by atoms with Crippen LogP contribution in [0.3, 0.4) is 0 Å². The molecule has 1 atom stereocenters. The maximum absolute atomic E-state index is 5.35. The second-order valence-electron chi connectivity index (χ2n) is 9.15. The first-order valence-electron chi connectivity index (χ1n) is 12.2. The van der Waals surface area contributed by atoms with Crippen LogP contribution in [0.2, 0.25) is 0 Å². The van der Waals surface area contributed by atoms with Crippen LogP contribution in [-0.4, -0.2) is 22.8 Å². The highest BCUT2D eigenvalue weighted by molar-refractivity contribution is 9.10. The quantitative estimate of drug-likeness (QED) is 0.225. The molecule has 0 unspecified atom stereocenters. The van der Waals surface area contributed by atoms with E-state index >= 15 is 0 Å². The number of nitrogens with zero attached hydrogens (tertiary/aromatic N) is 4. The number of aryl methyl sites for hydroxylation is 1. The van der Waals surface area contributed by atoms with Gasteiger partial charge in [0.25, 0.3) is 0 Å². The van der Waals surface area contributed by atoms with E-state index < -0.39 is 0 Å². The summed E-state index contributed by atoms with van der Waals surface area (Å²) in [7, 11) is 1.68. The number of aromatic nitrogens is 2. The molecule has 0 amide bonds. The Hall–Kier alpha value is -4.03. The number of methoxy groups -OCH3 is 1. The highest BCUT2D eigenvalue weighted by atomic mass is 79.9. The molecule has 1 aliphatic rings. The zero-order chi connectivity index (χ0) is 25.4. The Kier molecular flexibility index (Phi) is 6.18. The summed E-state index contributed by atoms with van der Waals surface area (Å²) in [6.45, 7) is 2.09. The summed E-state index contributed by atoms with van der Waals surface area (Å²) in [5.41, 5.74) is 7.23. The molecular weight excluding hydrogens is 524 g/mol. The summed E-state index contributed by atoms with van der Waals surface area (Å²) >= 11 is 3.64. The molecule has 4 aromatic carbocycles. The Balaban J connectivity index is 1.52. The van der Waals surface area contributed by atoms with Gasteiger partial charge in [0.05, 0.1) is 30.1 Å². The molecule has 0 N–H and O–H groups in total. The van der Waals surface area contributed by atoms with Crippen molar-refractivity contribution in [2.24, 2.45) is 5.10 Å². The first-order valence-corrected chi connectivity index (χ1v) is 13.0. The van der Waals surface area contributed by atoms with Crippen LogP contribution in [0.5, 0.6) is 5.75 Å². The lowest BCUT2D eigenvalue weighted by Gasteiger charge is -2.23. The normalized spacial score (nSPS) is 15.2. The zero-order valence-corrected chi connectivity index (χ0v) is 22.2. The van der Waals surface area contributed by atoms with Crippen LogP contribution in [0.25, 0.3) is 22.2 Å². The first-order chi connectivity index (χ1) is 18.1. The Morgan fingerprint density at radius 2 is 1.65 bits per heavy atom. The molecule has 0 saturated carbocycles. The highest BCUT2D eigenvalue weighted by Gasteiger charge is 2.32. The van der Waals surface area contributed by atoms with Crippen molar-refractivity contribution in [1.29, 1.82) is 0 Å². The molecule has 0 spiro atoms. The number of rotatable bonds is 5. The van der Waals surface area contributed by atoms with Crippen molar-refractivity contribution in [2.45, 2.75) is 19.4 Å². The van der Waals surface area contributed by atoms with Crippen molar-refractivity contribution < 1.29 is 4.74 Å². The second-order valence-corrected chi connectivity index (χ2v) is 10.1. The molecule has 1 aromatic heterocycles. The van der Waals surface area contributed by atoms with Gasteiger partial charge < -0.3 is 4.74 Å². The van der Waals surface area contributed by atoms with Crippen LogP contribution in [0, 0.1) is 6.92 Å². The molecule has 37 heavy (non-hydrogen) atoms.